The summed E-state index contributed by atoms with van der Waals surface area (Å²) < 4.78 is 4.97. The molecular formula is C19H17ClN2O4. The minimum Gasteiger partial charge on any atom is -0.461 e. The molecule has 2 aromatic carbocycles. The van der Waals surface area contributed by atoms with Crippen LogP contribution in [0.3, 0.4) is 0 Å². The first kappa shape index (κ1) is 18.1. The zero-order chi connectivity index (χ0) is 18.7. The Morgan fingerprint density at radius 2 is 1.96 bits per heavy atom. The monoisotopic (exact) mass is 372 g/mol. The molecule has 7 heteroatoms. The average molecular weight is 373 g/mol. The number of ether oxygens (including phenoxy) is 1. The van der Waals surface area contributed by atoms with Gasteiger partial charge in [0.25, 0.3) is 5.91 Å². The standard InChI is InChI=1S/C19H17ClN2O4/c1-2-26-18(24)16-12-19(25,14-8-4-3-5-9-14)22(21-16)17(23)13-7-6-10-15(20)11-13/h3-11,25H,2,12H2,1H3/t19-/m1/s1. The Balaban J connectivity index is 2.04. The Morgan fingerprint density at radius 1 is 1.23 bits per heavy atom. The van der Waals surface area contributed by atoms with E-state index in [4.69, 9.17) is 16.3 Å². The Kier molecular flexibility index (Phi) is 5.06. The van der Waals surface area contributed by atoms with Crippen molar-refractivity contribution in [2.75, 3.05) is 6.61 Å². The van der Waals surface area contributed by atoms with Crippen LogP contribution >= 0.6 is 11.6 Å². The van der Waals surface area contributed by atoms with Crippen LogP contribution in [0.4, 0.5) is 0 Å². The molecular weight excluding hydrogens is 356 g/mol. The van der Waals surface area contributed by atoms with Crippen LogP contribution in [0, 0.1) is 0 Å². The maximum atomic E-state index is 13.0. The summed E-state index contributed by atoms with van der Waals surface area (Å²) >= 11 is 5.96. The number of esters is 1. The lowest BCUT2D eigenvalue weighted by Gasteiger charge is -2.31. The third-order valence-corrected chi connectivity index (χ3v) is 4.23. The zero-order valence-corrected chi connectivity index (χ0v) is 14.8. The normalized spacial score (nSPS) is 19.2. The van der Waals surface area contributed by atoms with Gasteiger partial charge in [0.1, 0.15) is 0 Å². The van der Waals surface area contributed by atoms with Gasteiger partial charge in [0, 0.05) is 16.1 Å². The quantitative estimate of drug-likeness (QED) is 0.837. The van der Waals surface area contributed by atoms with E-state index in [0.717, 1.165) is 5.01 Å². The number of halogens is 1. The lowest BCUT2D eigenvalue weighted by atomic mass is 9.97. The fraction of sp³-hybridized carbons (Fsp3) is 0.211. The van der Waals surface area contributed by atoms with Gasteiger partial charge in [0.2, 0.25) is 0 Å². The molecule has 0 bridgehead atoms. The highest BCUT2D eigenvalue weighted by Crippen LogP contribution is 2.36. The number of amides is 1. The Hall–Kier alpha value is -2.70. The van der Waals surface area contributed by atoms with Crippen molar-refractivity contribution < 1.29 is 19.4 Å². The highest BCUT2D eigenvalue weighted by Gasteiger charge is 2.48. The van der Waals surface area contributed by atoms with Gasteiger partial charge in [-0.05, 0) is 25.1 Å². The molecule has 1 atom stereocenters. The average Bonchev–Trinajstić information content (AvgIpc) is 3.01. The Labute approximate surface area is 155 Å². The Bertz CT molecular complexity index is 869. The van der Waals surface area contributed by atoms with E-state index < -0.39 is 17.6 Å². The predicted octanol–water partition coefficient (Wildman–Crippen LogP) is 2.95. The van der Waals surface area contributed by atoms with Gasteiger partial charge in [-0.2, -0.15) is 10.1 Å². The van der Waals surface area contributed by atoms with Gasteiger partial charge in [0.15, 0.2) is 11.4 Å². The third kappa shape index (κ3) is 3.34. The molecule has 26 heavy (non-hydrogen) atoms. The molecule has 1 aliphatic rings. The van der Waals surface area contributed by atoms with Crippen molar-refractivity contribution in [2.24, 2.45) is 5.10 Å². The maximum Gasteiger partial charge on any atom is 0.354 e. The SMILES string of the molecule is CCOC(=O)C1=NN(C(=O)c2cccc(Cl)c2)[C@](O)(c2ccccc2)C1. The summed E-state index contributed by atoms with van der Waals surface area (Å²) in [7, 11) is 0. The molecule has 0 aromatic heterocycles. The lowest BCUT2D eigenvalue weighted by Crippen LogP contribution is -2.43. The maximum absolute atomic E-state index is 13.0. The van der Waals surface area contributed by atoms with E-state index in [2.05, 4.69) is 5.10 Å². The van der Waals surface area contributed by atoms with Crippen LogP contribution in [0.5, 0.6) is 0 Å². The number of rotatable bonds is 4. The van der Waals surface area contributed by atoms with Crippen molar-refractivity contribution in [2.45, 2.75) is 19.1 Å². The fourth-order valence-corrected chi connectivity index (χ4v) is 2.95. The molecule has 2 aromatic rings. The van der Waals surface area contributed by atoms with Gasteiger partial charge >= 0.3 is 5.97 Å². The number of carbonyl (C=O) groups is 2. The molecule has 3 rings (SSSR count). The van der Waals surface area contributed by atoms with Gasteiger partial charge in [-0.25, -0.2) is 4.79 Å². The minimum atomic E-state index is -1.79. The van der Waals surface area contributed by atoms with E-state index in [0.29, 0.717) is 10.6 Å². The van der Waals surface area contributed by atoms with E-state index in [1.807, 2.05) is 0 Å². The van der Waals surface area contributed by atoms with Crippen molar-refractivity contribution in [3.8, 4) is 0 Å². The number of hydrazone groups is 1. The summed E-state index contributed by atoms with van der Waals surface area (Å²) in [5.41, 5.74) is -1.12. The zero-order valence-electron chi connectivity index (χ0n) is 14.1. The smallest absolute Gasteiger partial charge is 0.354 e. The molecule has 0 aliphatic carbocycles. The van der Waals surface area contributed by atoms with Gasteiger partial charge in [-0.15, -0.1) is 0 Å². The number of hydrogen-bond acceptors (Lipinski definition) is 5. The molecule has 1 heterocycles. The fourth-order valence-electron chi connectivity index (χ4n) is 2.76. The number of benzene rings is 2. The van der Waals surface area contributed by atoms with Gasteiger partial charge in [0.05, 0.1) is 13.0 Å². The largest absolute Gasteiger partial charge is 0.461 e. The summed E-state index contributed by atoms with van der Waals surface area (Å²) in [6.45, 7) is 1.84. The first-order valence-corrected chi connectivity index (χ1v) is 8.46. The van der Waals surface area contributed by atoms with Crippen LogP contribution < -0.4 is 0 Å². The summed E-state index contributed by atoms with van der Waals surface area (Å²) in [6.07, 6.45) is -0.165. The highest BCUT2D eigenvalue weighted by atomic mass is 35.5. The minimum absolute atomic E-state index is 0.0198. The van der Waals surface area contributed by atoms with Crippen molar-refractivity contribution in [1.82, 2.24) is 5.01 Å². The third-order valence-electron chi connectivity index (χ3n) is 4.00. The van der Waals surface area contributed by atoms with Crippen molar-refractivity contribution in [3.05, 3.63) is 70.7 Å². The number of carbonyl (C=O) groups excluding carboxylic acids is 2. The molecule has 0 saturated heterocycles. The summed E-state index contributed by atoms with van der Waals surface area (Å²) in [5.74, 6) is -1.23. The van der Waals surface area contributed by atoms with Crippen LogP contribution in [-0.4, -0.2) is 34.3 Å². The van der Waals surface area contributed by atoms with Crippen LogP contribution in [-0.2, 0) is 15.3 Å². The molecule has 134 valence electrons. The molecule has 1 aliphatic heterocycles. The van der Waals surface area contributed by atoms with E-state index in [-0.39, 0.29) is 24.3 Å². The van der Waals surface area contributed by atoms with E-state index in [1.54, 1.807) is 55.5 Å². The molecule has 0 spiro atoms. The second-order valence-corrected chi connectivity index (χ2v) is 6.19. The molecule has 1 amide bonds. The number of nitrogens with zero attached hydrogens (tertiary/aromatic N) is 2. The van der Waals surface area contributed by atoms with E-state index in [1.165, 1.54) is 6.07 Å². The molecule has 0 fully saturated rings. The van der Waals surface area contributed by atoms with Crippen molar-refractivity contribution in [1.29, 1.82) is 0 Å². The van der Waals surface area contributed by atoms with Gasteiger partial charge < -0.3 is 9.84 Å². The number of aliphatic hydroxyl groups is 1. The first-order chi connectivity index (χ1) is 12.5. The van der Waals surface area contributed by atoms with Crippen LogP contribution in [0.1, 0.15) is 29.3 Å². The summed E-state index contributed by atoms with van der Waals surface area (Å²) in [5, 5.41) is 16.6. The molecule has 6 nitrogen and oxygen atoms in total. The second kappa shape index (κ2) is 7.27. The highest BCUT2D eigenvalue weighted by molar-refractivity contribution is 6.37. The molecule has 0 unspecified atom stereocenters. The lowest BCUT2D eigenvalue weighted by molar-refractivity contribution is -0.135. The second-order valence-electron chi connectivity index (χ2n) is 5.75. The van der Waals surface area contributed by atoms with Crippen molar-refractivity contribution >= 4 is 29.2 Å². The van der Waals surface area contributed by atoms with E-state index in [9.17, 15) is 14.7 Å². The number of hydrogen-bond donors (Lipinski definition) is 1. The van der Waals surface area contributed by atoms with Crippen LogP contribution in [0.15, 0.2) is 59.7 Å². The van der Waals surface area contributed by atoms with Crippen molar-refractivity contribution in [3.63, 3.8) is 0 Å². The van der Waals surface area contributed by atoms with Gasteiger partial charge in [-0.3, -0.25) is 4.79 Å². The first-order valence-electron chi connectivity index (χ1n) is 8.08. The Morgan fingerprint density at radius 3 is 2.62 bits per heavy atom. The van der Waals surface area contributed by atoms with Gasteiger partial charge in [-0.1, -0.05) is 48.0 Å². The summed E-state index contributed by atoms with van der Waals surface area (Å²) in [4.78, 5) is 25.1. The summed E-state index contributed by atoms with van der Waals surface area (Å²) in [6, 6.07) is 14.9. The molecule has 0 saturated carbocycles. The van der Waals surface area contributed by atoms with Crippen LogP contribution in [0.25, 0.3) is 0 Å². The predicted molar refractivity (Wildman–Crippen MR) is 96.6 cm³/mol. The molecule has 1 N–H and O–H groups in total. The topological polar surface area (TPSA) is 79.2 Å². The molecule has 0 radical (unpaired) electrons. The van der Waals surface area contributed by atoms with Crippen LogP contribution in [0.2, 0.25) is 5.02 Å². The van der Waals surface area contributed by atoms with E-state index >= 15 is 0 Å².